The third kappa shape index (κ3) is 3.77. The second kappa shape index (κ2) is 6.47. The van der Waals surface area contributed by atoms with Crippen LogP contribution in [0.2, 0.25) is 0 Å². The molecule has 1 saturated heterocycles. The molecule has 1 aliphatic rings. The molecule has 2 rings (SSSR count). The molecule has 1 N–H and O–H groups in total. The summed E-state index contributed by atoms with van der Waals surface area (Å²) in [6.07, 6.45) is 1.11. The number of nitrogens with zero attached hydrogens (tertiary/aromatic N) is 1. The van der Waals surface area contributed by atoms with E-state index in [9.17, 15) is 14.0 Å². The molecule has 0 aliphatic carbocycles. The van der Waals surface area contributed by atoms with Gasteiger partial charge in [-0.15, -0.1) is 0 Å². The standard InChI is InChI=1S/C14H17FN2O3/c1-17(14(19)12-6-3-7-20-12)9-13(18)16-11-5-2-4-10(15)8-11/h2,4-5,8,12H,3,6-7,9H2,1H3,(H,16,18)/t12-/m1/s1. The summed E-state index contributed by atoms with van der Waals surface area (Å²) in [7, 11) is 1.55. The topological polar surface area (TPSA) is 58.6 Å². The van der Waals surface area contributed by atoms with Gasteiger partial charge in [0.05, 0.1) is 6.54 Å². The van der Waals surface area contributed by atoms with Gasteiger partial charge in [0.1, 0.15) is 11.9 Å². The van der Waals surface area contributed by atoms with Crippen LogP contribution in [0.15, 0.2) is 24.3 Å². The Labute approximate surface area is 116 Å². The fraction of sp³-hybridized carbons (Fsp3) is 0.429. The fourth-order valence-corrected chi connectivity index (χ4v) is 2.08. The Kier molecular flexibility index (Phi) is 4.68. The van der Waals surface area contributed by atoms with Gasteiger partial charge < -0.3 is 15.0 Å². The van der Waals surface area contributed by atoms with Crippen LogP contribution in [0.3, 0.4) is 0 Å². The number of hydrogen-bond acceptors (Lipinski definition) is 3. The van der Waals surface area contributed by atoms with Gasteiger partial charge in [-0.2, -0.15) is 0 Å². The van der Waals surface area contributed by atoms with Gasteiger partial charge in [0, 0.05) is 19.3 Å². The van der Waals surface area contributed by atoms with E-state index in [2.05, 4.69) is 5.32 Å². The van der Waals surface area contributed by atoms with Gasteiger partial charge in [-0.25, -0.2) is 4.39 Å². The van der Waals surface area contributed by atoms with E-state index in [-0.39, 0.29) is 18.4 Å². The van der Waals surface area contributed by atoms with Crippen LogP contribution in [0.5, 0.6) is 0 Å². The van der Waals surface area contributed by atoms with E-state index >= 15 is 0 Å². The van der Waals surface area contributed by atoms with Crippen molar-refractivity contribution >= 4 is 17.5 Å². The molecule has 1 aromatic carbocycles. The van der Waals surface area contributed by atoms with Gasteiger partial charge in [-0.05, 0) is 31.0 Å². The summed E-state index contributed by atoms with van der Waals surface area (Å²) in [4.78, 5) is 25.1. The molecular weight excluding hydrogens is 263 g/mol. The monoisotopic (exact) mass is 280 g/mol. The Morgan fingerprint density at radius 1 is 1.50 bits per heavy atom. The average Bonchev–Trinajstić information content (AvgIpc) is 2.91. The lowest BCUT2D eigenvalue weighted by Crippen LogP contribution is -2.40. The van der Waals surface area contributed by atoms with Crippen molar-refractivity contribution in [2.75, 3.05) is 25.5 Å². The lowest BCUT2D eigenvalue weighted by Gasteiger charge is -2.20. The van der Waals surface area contributed by atoms with E-state index < -0.39 is 11.9 Å². The molecule has 0 unspecified atom stereocenters. The lowest BCUT2D eigenvalue weighted by atomic mass is 10.2. The largest absolute Gasteiger partial charge is 0.368 e. The van der Waals surface area contributed by atoms with Gasteiger partial charge in [0.25, 0.3) is 5.91 Å². The van der Waals surface area contributed by atoms with Gasteiger partial charge in [0.2, 0.25) is 5.91 Å². The fourth-order valence-electron chi connectivity index (χ4n) is 2.08. The second-order valence-electron chi connectivity index (χ2n) is 4.75. The van der Waals surface area contributed by atoms with Crippen molar-refractivity contribution in [1.29, 1.82) is 0 Å². The van der Waals surface area contributed by atoms with Crippen LogP contribution in [0, 0.1) is 5.82 Å². The highest BCUT2D eigenvalue weighted by molar-refractivity contribution is 5.95. The van der Waals surface area contributed by atoms with Crippen LogP contribution in [0.1, 0.15) is 12.8 Å². The minimum Gasteiger partial charge on any atom is -0.368 e. The van der Waals surface area contributed by atoms with Crippen molar-refractivity contribution in [2.45, 2.75) is 18.9 Å². The highest BCUT2D eigenvalue weighted by Crippen LogP contribution is 2.14. The number of benzene rings is 1. The zero-order valence-electron chi connectivity index (χ0n) is 11.3. The molecule has 5 nitrogen and oxygen atoms in total. The molecule has 1 aliphatic heterocycles. The average molecular weight is 280 g/mol. The van der Waals surface area contributed by atoms with Crippen molar-refractivity contribution in [3.05, 3.63) is 30.1 Å². The minimum absolute atomic E-state index is 0.0881. The Bertz CT molecular complexity index is 501. The van der Waals surface area contributed by atoms with Crippen LogP contribution < -0.4 is 5.32 Å². The molecule has 0 spiro atoms. The Morgan fingerprint density at radius 2 is 2.30 bits per heavy atom. The predicted octanol–water partition coefficient (Wildman–Crippen LogP) is 1.40. The highest BCUT2D eigenvalue weighted by atomic mass is 19.1. The van der Waals surface area contributed by atoms with Gasteiger partial charge in [-0.1, -0.05) is 6.07 Å². The van der Waals surface area contributed by atoms with Crippen LogP contribution in [0.4, 0.5) is 10.1 Å². The maximum absolute atomic E-state index is 13.0. The van der Waals surface area contributed by atoms with E-state index in [1.807, 2.05) is 0 Å². The van der Waals surface area contributed by atoms with E-state index in [0.29, 0.717) is 18.7 Å². The van der Waals surface area contributed by atoms with E-state index in [1.54, 1.807) is 13.1 Å². The highest BCUT2D eigenvalue weighted by Gasteiger charge is 2.27. The predicted molar refractivity (Wildman–Crippen MR) is 71.6 cm³/mol. The SMILES string of the molecule is CN(CC(=O)Nc1cccc(F)c1)C(=O)[C@H]1CCCO1. The third-order valence-corrected chi connectivity index (χ3v) is 3.07. The molecule has 108 valence electrons. The lowest BCUT2D eigenvalue weighted by molar-refractivity contribution is -0.141. The molecule has 0 radical (unpaired) electrons. The molecule has 0 aromatic heterocycles. The van der Waals surface area contributed by atoms with Gasteiger partial charge in [0.15, 0.2) is 0 Å². The first-order valence-corrected chi connectivity index (χ1v) is 6.48. The third-order valence-electron chi connectivity index (χ3n) is 3.07. The Balaban J connectivity index is 1.85. The number of rotatable bonds is 4. The van der Waals surface area contributed by atoms with Gasteiger partial charge >= 0.3 is 0 Å². The molecule has 0 saturated carbocycles. The van der Waals surface area contributed by atoms with Crippen LogP contribution in [0.25, 0.3) is 0 Å². The number of likely N-dealkylation sites (N-methyl/N-ethyl adjacent to an activating group) is 1. The first-order valence-electron chi connectivity index (χ1n) is 6.48. The number of halogens is 1. The summed E-state index contributed by atoms with van der Waals surface area (Å²) >= 11 is 0. The summed E-state index contributed by atoms with van der Waals surface area (Å²) < 4.78 is 18.3. The zero-order valence-corrected chi connectivity index (χ0v) is 11.3. The molecular formula is C14H17FN2O3. The van der Waals surface area contributed by atoms with E-state index in [4.69, 9.17) is 4.74 Å². The normalized spacial score (nSPS) is 17.8. The molecule has 1 aromatic rings. The molecule has 0 bridgehead atoms. The van der Waals surface area contributed by atoms with E-state index in [1.165, 1.54) is 23.1 Å². The molecule has 1 atom stereocenters. The van der Waals surface area contributed by atoms with Crippen molar-refractivity contribution < 1.29 is 18.7 Å². The number of ether oxygens (including phenoxy) is 1. The van der Waals surface area contributed by atoms with Crippen LogP contribution in [-0.4, -0.2) is 43.0 Å². The van der Waals surface area contributed by atoms with Crippen LogP contribution >= 0.6 is 0 Å². The summed E-state index contributed by atoms with van der Waals surface area (Å²) in [5.74, 6) is -0.993. The molecule has 2 amide bonds. The molecule has 1 fully saturated rings. The summed E-state index contributed by atoms with van der Waals surface area (Å²) in [5.41, 5.74) is 0.368. The summed E-state index contributed by atoms with van der Waals surface area (Å²) in [5, 5.41) is 2.55. The Hall–Kier alpha value is -1.95. The Morgan fingerprint density at radius 3 is 2.95 bits per heavy atom. The molecule has 1 heterocycles. The maximum Gasteiger partial charge on any atom is 0.251 e. The number of carbonyl (C=O) groups is 2. The molecule has 6 heteroatoms. The molecule has 20 heavy (non-hydrogen) atoms. The number of anilines is 1. The van der Waals surface area contributed by atoms with Crippen molar-refractivity contribution in [3.63, 3.8) is 0 Å². The number of hydrogen-bond donors (Lipinski definition) is 1. The van der Waals surface area contributed by atoms with Gasteiger partial charge in [-0.3, -0.25) is 9.59 Å². The quantitative estimate of drug-likeness (QED) is 0.907. The number of carbonyl (C=O) groups excluding carboxylic acids is 2. The minimum atomic E-state index is -0.443. The van der Waals surface area contributed by atoms with E-state index in [0.717, 1.165) is 6.42 Å². The smallest absolute Gasteiger partial charge is 0.251 e. The zero-order chi connectivity index (χ0) is 14.5. The second-order valence-corrected chi connectivity index (χ2v) is 4.75. The van der Waals surface area contributed by atoms with Crippen molar-refractivity contribution in [2.24, 2.45) is 0 Å². The summed E-state index contributed by atoms with van der Waals surface area (Å²) in [6.45, 7) is 0.495. The number of nitrogens with one attached hydrogen (secondary N) is 1. The maximum atomic E-state index is 13.0. The van der Waals surface area contributed by atoms with Crippen molar-refractivity contribution in [1.82, 2.24) is 4.90 Å². The van der Waals surface area contributed by atoms with Crippen molar-refractivity contribution in [3.8, 4) is 0 Å². The number of amides is 2. The first kappa shape index (κ1) is 14.5. The summed E-state index contributed by atoms with van der Waals surface area (Å²) in [6, 6.07) is 5.61. The van der Waals surface area contributed by atoms with Crippen LogP contribution in [-0.2, 0) is 14.3 Å². The first-order chi connectivity index (χ1) is 9.56.